The predicted molar refractivity (Wildman–Crippen MR) is 86.9 cm³/mol. The summed E-state index contributed by atoms with van der Waals surface area (Å²) < 4.78 is 8.75. The Hall–Kier alpha value is -1.67. The predicted octanol–water partition coefficient (Wildman–Crippen LogP) is 3.70. The Balaban J connectivity index is 2.13. The summed E-state index contributed by atoms with van der Waals surface area (Å²) in [5, 5.41) is 7.20. The van der Waals surface area contributed by atoms with Gasteiger partial charge in [-0.2, -0.15) is 5.10 Å². The molecule has 108 valence electrons. The summed E-state index contributed by atoms with van der Waals surface area (Å²) in [6.07, 6.45) is 3.67. The minimum absolute atomic E-state index is 0.507. The third kappa shape index (κ3) is 2.86. The van der Waals surface area contributed by atoms with Crippen LogP contribution < -0.4 is 5.32 Å². The van der Waals surface area contributed by atoms with Crippen LogP contribution in [0.1, 0.15) is 0 Å². The number of hydrogen-bond acceptors (Lipinski definition) is 5. The Morgan fingerprint density at radius 1 is 1.24 bits per heavy atom. The van der Waals surface area contributed by atoms with E-state index in [1.807, 2.05) is 32.4 Å². The molecule has 21 heavy (non-hydrogen) atoms. The zero-order valence-corrected chi connectivity index (χ0v) is 14.4. The van der Waals surface area contributed by atoms with E-state index in [9.17, 15) is 0 Å². The largest absolute Gasteiger partial charge is 0.445 e. The van der Waals surface area contributed by atoms with Gasteiger partial charge in [0.25, 0.3) is 0 Å². The number of rotatable bonds is 3. The number of nitrogens with one attached hydrogen (secondary N) is 1. The highest BCUT2D eigenvalue weighted by molar-refractivity contribution is 9.13. The quantitative estimate of drug-likeness (QED) is 0.710. The molecule has 0 saturated heterocycles. The van der Waals surface area contributed by atoms with Gasteiger partial charge in [0.2, 0.25) is 0 Å². The molecule has 8 heteroatoms. The molecule has 0 fully saturated rings. The fourth-order valence-electron chi connectivity index (χ4n) is 1.84. The lowest BCUT2D eigenvalue weighted by Gasteiger charge is -2.05. The molecule has 0 spiro atoms. The van der Waals surface area contributed by atoms with Gasteiger partial charge in [0, 0.05) is 38.0 Å². The van der Waals surface area contributed by atoms with E-state index >= 15 is 0 Å². The molecular formula is C13H11Br2N5O. The summed E-state index contributed by atoms with van der Waals surface area (Å²) in [6.45, 7) is 0. The lowest BCUT2D eigenvalue weighted by atomic mass is 10.2. The van der Waals surface area contributed by atoms with Crippen LogP contribution in [0.15, 0.2) is 38.1 Å². The first kappa shape index (κ1) is 14.3. The normalized spacial score (nSPS) is 10.9. The smallest absolute Gasteiger partial charge is 0.198 e. The van der Waals surface area contributed by atoms with E-state index in [2.05, 4.69) is 52.2 Å². The number of halogens is 2. The monoisotopic (exact) mass is 411 g/mol. The molecule has 3 aromatic heterocycles. The topological polar surface area (TPSA) is 68.8 Å². The van der Waals surface area contributed by atoms with Crippen molar-refractivity contribution in [2.75, 3.05) is 12.4 Å². The number of aryl methyl sites for hydroxylation is 1. The van der Waals surface area contributed by atoms with Gasteiger partial charge < -0.3 is 9.73 Å². The molecule has 0 unspecified atom stereocenters. The number of anilines is 1. The van der Waals surface area contributed by atoms with Crippen LogP contribution >= 0.6 is 31.9 Å². The maximum Gasteiger partial charge on any atom is 0.198 e. The minimum Gasteiger partial charge on any atom is -0.445 e. The first-order valence-electron chi connectivity index (χ1n) is 6.08. The van der Waals surface area contributed by atoms with Gasteiger partial charge in [0.15, 0.2) is 16.3 Å². The molecule has 0 aliphatic carbocycles. The minimum atomic E-state index is 0.507. The fourth-order valence-corrected chi connectivity index (χ4v) is 2.42. The Bertz CT molecular complexity index is 776. The van der Waals surface area contributed by atoms with Gasteiger partial charge in [-0.15, -0.1) is 0 Å². The molecule has 0 bridgehead atoms. The summed E-state index contributed by atoms with van der Waals surface area (Å²) in [5.41, 5.74) is 1.70. The van der Waals surface area contributed by atoms with Crippen LogP contribution in [-0.4, -0.2) is 26.8 Å². The second kappa shape index (κ2) is 5.61. The lowest BCUT2D eigenvalue weighted by Crippen LogP contribution is -1.98. The molecule has 0 aliphatic rings. The molecule has 0 radical (unpaired) electrons. The third-order valence-corrected chi connectivity index (χ3v) is 4.56. The van der Waals surface area contributed by atoms with Crippen LogP contribution in [0.4, 0.5) is 5.82 Å². The molecule has 0 atom stereocenters. The first-order valence-corrected chi connectivity index (χ1v) is 7.66. The number of hydrogen-bond donors (Lipinski definition) is 1. The van der Waals surface area contributed by atoms with Gasteiger partial charge in [0.05, 0.1) is 16.4 Å². The summed E-state index contributed by atoms with van der Waals surface area (Å²) in [7, 11) is 3.68. The Morgan fingerprint density at radius 2 is 2.05 bits per heavy atom. The van der Waals surface area contributed by atoms with Crippen molar-refractivity contribution >= 4 is 37.7 Å². The van der Waals surface area contributed by atoms with Crippen molar-refractivity contribution in [3.05, 3.63) is 33.7 Å². The first-order chi connectivity index (χ1) is 10.1. The van der Waals surface area contributed by atoms with E-state index in [0.717, 1.165) is 15.7 Å². The van der Waals surface area contributed by atoms with Crippen molar-refractivity contribution in [2.45, 2.75) is 0 Å². The second-order valence-corrected chi connectivity index (χ2v) is 5.92. The summed E-state index contributed by atoms with van der Waals surface area (Å²) >= 11 is 6.71. The van der Waals surface area contributed by atoms with E-state index in [-0.39, 0.29) is 0 Å². The van der Waals surface area contributed by atoms with Crippen molar-refractivity contribution in [2.24, 2.45) is 7.05 Å². The number of furan rings is 1. The molecule has 6 nitrogen and oxygen atoms in total. The lowest BCUT2D eigenvalue weighted by molar-refractivity contribution is 0.549. The SMILES string of the molecule is CNc1cc(-c2cnn(C)c2)nc(-c2cc(Br)c(Br)o2)n1. The van der Waals surface area contributed by atoms with Crippen LogP contribution in [0.2, 0.25) is 0 Å². The van der Waals surface area contributed by atoms with Crippen LogP contribution in [0, 0.1) is 0 Å². The zero-order chi connectivity index (χ0) is 15.0. The summed E-state index contributed by atoms with van der Waals surface area (Å²) in [4.78, 5) is 8.97. The van der Waals surface area contributed by atoms with Crippen LogP contribution in [0.3, 0.4) is 0 Å². The Labute approximate surface area is 137 Å². The van der Waals surface area contributed by atoms with Gasteiger partial charge in [-0.05, 0) is 31.9 Å². The van der Waals surface area contributed by atoms with Crippen molar-refractivity contribution in [1.29, 1.82) is 0 Å². The number of aromatic nitrogens is 4. The summed E-state index contributed by atoms with van der Waals surface area (Å²) in [5.74, 6) is 1.80. The number of nitrogens with zero attached hydrogens (tertiary/aromatic N) is 4. The van der Waals surface area contributed by atoms with Gasteiger partial charge >= 0.3 is 0 Å². The van der Waals surface area contributed by atoms with Gasteiger partial charge in [-0.1, -0.05) is 0 Å². The molecular weight excluding hydrogens is 402 g/mol. The standard InChI is InChI=1S/C13H11Br2N5O/c1-16-11-4-9(7-5-17-20(2)6-7)18-13(19-11)10-3-8(14)12(15)21-10/h3-6H,1-2H3,(H,16,18,19). The highest BCUT2D eigenvalue weighted by atomic mass is 79.9. The Morgan fingerprint density at radius 3 is 2.62 bits per heavy atom. The molecule has 0 amide bonds. The van der Waals surface area contributed by atoms with Crippen molar-refractivity contribution in [3.8, 4) is 22.8 Å². The van der Waals surface area contributed by atoms with E-state index < -0.39 is 0 Å². The maximum absolute atomic E-state index is 5.59. The zero-order valence-electron chi connectivity index (χ0n) is 11.3. The van der Waals surface area contributed by atoms with E-state index in [1.54, 1.807) is 10.9 Å². The molecule has 3 aromatic rings. The molecule has 0 saturated carbocycles. The van der Waals surface area contributed by atoms with Gasteiger partial charge in [-0.3, -0.25) is 4.68 Å². The van der Waals surface area contributed by atoms with Crippen molar-refractivity contribution in [3.63, 3.8) is 0 Å². The molecule has 0 aromatic carbocycles. The van der Waals surface area contributed by atoms with Gasteiger partial charge in [-0.25, -0.2) is 9.97 Å². The molecule has 0 aliphatic heterocycles. The fraction of sp³-hybridized carbons (Fsp3) is 0.154. The van der Waals surface area contributed by atoms with Crippen molar-refractivity contribution in [1.82, 2.24) is 19.7 Å². The maximum atomic E-state index is 5.59. The highest BCUT2D eigenvalue weighted by Crippen LogP contribution is 2.32. The molecule has 3 rings (SSSR count). The molecule has 1 N–H and O–H groups in total. The average Bonchev–Trinajstić information content (AvgIpc) is 3.05. The third-order valence-electron chi connectivity index (χ3n) is 2.85. The Kier molecular flexibility index (Phi) is 3.81. The van der Waals surface area contributed by atoms with E-state index in [4.69, 9.17) is 4.42 Å². The van der Waals surface area contributed by atoms with Crippen molar-refractivity contribution < 1.29 is 4.42 Å². The van der Waals surface area contributed by atoms with Crippen LogP contribution in [0.25, 0.3) is 22.8 Å². The second-order valence-electron chi connectivity index (χ2n) is 4.35. The van der Waals surface area contributed by atoms with Gasteiger partial charge in [0.1, 0.15) is 5.82 Å². The van der Waals surface area contributed by atoms with Crippen LogP contribution in [0.5, 0.6) is 0 Å². The van der Waals surface area contributed by atoms with Crippen LogP contribution in [-0.2, 0) is 7.05 Å². The molecule has 3 heterocycles. The summed E-state index contributed by atoms with van der Waals surface area (Å²) in [6, 6.07) is 3.69. The van der Waals surface area contributed by atoms with E-state index in [0.29, 0.717) is 22.1 Å². The highest BCUT2D eigenvalue weighted by Gasteiger charge is 2.14. The average molecular weight is 413 g/mol. The van der Waals surface area contributed by atoms with E-state index in [1.165, 1.54) is 0 Å².